The van der Waals surface area contributed by atoms with Gasteiger partial charge in [0.2, 0.25) is 0 Å². The van der Waals surface area contributed by atoms with Crippen molar-refractivity contribution in [3.05, 3.63) is 35.4 Å². The quantitative estimate of drug-likeness (QED) is 0.885. The molecule has 0 radical (unpaired) electrons. The van der Waals surface area contributed by atoms with Crippen LogP contribution < -0.4 is 0 Å². The third-order valence-corrected chi connectivity index (χ3v) is 4.38. The number of hydrogen-bond acceptors (Lipinski definition) is 3. The monoisotopic (exact) mass is 254 g/mol. The standard InChI is InChI=1S/C13H18O3S/c1-17(15,16)9-8-13(14)7-6-11-4-2-3-5-12(11)10-13/h2-5,14H,6-10H2,1H3. The zero-order valence-electron chi connectivity index (χ0n) is 10.0. The average molecular weight is 254 g/mol. The summed E-state index contributed by atoms with van der Waals surface area (Å²) in [6.07, 6.45) is 3.60. The highest BCUT2D eigenvalue weighted by Gasteiger charge is 2.32. The summed E-state index contributed by atoms with van der Waals surface area (Å²) in [4.78, 5) is 0. The summed E-state index contributed by atoms with van der Waals surface area (Å²) in [5, 5.41) is 10.4. The van der Waals surface area contributed by atoms with Crippen LogP contribution in [0.25, 0.3) is 0 Å². The predicted molar refractivity (Wildman–Crippen MR) is 67.7 cm³/mol. The van der Waals surface area contributed by atoms with E-state index in [1.54, 1.807) is 0 Å². The van der Waals surface area contributed by atoms with Gasteiger partial charge < -0.3 is 5.11 Å². The van der Waals surface area contributed by atoms with Gasteiger partial charge in [0.05, 0.1) is 11.4 Å². The fourth-order valence-corrected chi connectivity index (χ4v) is 3.12. The van der Waals surface area contributed by atoms with Crippen LogP contribution in [0.3, 0.4) is 0 Å². The molecule has 3 nitrogen and oxygen atoms in total. The molecule has 1 aliphatic rings. The van der Waals surface area contributed by atoms with Crippen molar-refractivity contribution in [1.82, 2.24) is 0 Å². The second-order valence-corrected chi connectivity index (χ2v) is 7.31. The van der Waals surface area contributed by atoms with E-state index in [0.29, 0.717) is 19.3 Å². The SMILES string of the molecule is CS(=O)(=O)CCC1(O)CCc2ccccc2C1. The van der Waals surface area contributed by atoms with Gasteiger partial charge >= 0.3 is 0 Å². The molecule has 0 spiro atoms. The molecule has 1 aliphatic carbocycles. The summed E-state index contributed by atoms with van der Waals surface area (Å²) in [6.45, 7) is 0. The van der Waals surface area contributed by atoms with Gasteiger partial charge in [-0.15, -0.1) is 0 Å². The summed E-state index contributed by atoms with van der Waals surface area (Å²) in [6, 6.07) is 8.05. The second kappa shape index (κ2) is 4.42. The highest BCUT2D eigenvalue weighted by Crippen LogP contribution is 2.31. The molecular formula is C13H18O3S. The first kappa shape index (κ1) is 12.6. The Morgan fingerprint density at radius 3 is 2.59 bits per heavy atom. The van der Waals surface area contributed by atoms with Gasteiger partial charge in [0.1, 0.15) is 9.84 Å². The van der Waals surface area contributed by atoms with E-state index in [2.05, 4.69) is 6.07 Å². The smallest absolute Gasteiger partial charge is 0.147 e. The number of aliphatic hydroxyl groups is 1. The minimum atomic E-state index is -3.00. The maximum Gasteiger partial charge on any atom is 0.147 e. The molecule has 2 rings (SSSR count). The normalized spacial score (nSPS) is 24.4. The van der Waals surface area contributed by atoms with E-state index in [1.165, 1.54) is 11.8 Å². The van der Waals surface area contributed by atoms with Crippen molar-refractivity contribution in [2.45, 2.75) is 31.3 Å². The third-order valence-electron chi connectivity index (χ3n) is 3.44. The van der Waals surface area contributed by atoms with Crippen LogP contribution in [0.1, 0.15) is 24.0 Å². The fourth-order valence-electron chi connectivity index (χ4n) is 2.37. The van der Waals surface area contributed by atoms with E-state index in [0.717, 1.165) is 12.0 Å². The Hall–Kier alpha value is -0.870. The highest BCUT2D eigenvalue weighted by atomic mass is 32.2. The first-order valence-electron chi connectivity index (χ1n) is 5.85. The Kier molecular flexibility index (Phi) is 3.27. The largest absolute Gasteiger partial charge is 0.390 e. The lowest BCUT2D eigenvalue weighted by atomic mass is 9.79. The molecule has 4 heteroatoms. The molecule has 17 heavy (non-hydrogen) atoms. The second-order valence-electron chi connectivity index (χ2n) is 5.05. The molecule has 0 saturated heterocycles. The van der Waals surface area contributed by atoms with E-state index < -0.39 is 15.4 Å². The lowest BCUT2D eigenvalue weighted by molar-refractivity contribution is 0.0234. The van der Waals surface area contributed by atoms with Gasteiger partial charge in [-0.05, 0) is 30.4 Å². The zero-order valence-corrected chi connectivity index (χ0v) is 10.8. The van der Waals surface area contributed by atoms with Crippen molar-refractivity contribution >= 4 is 9.84 Å². The summed E-state index contributed by atoms with van der Waals surface area (Å²) in [5.74, 6) is 0.0612. The van der Waals surface area contributed by atoms with Crippen molar-refractivity contribution in [3.8, 4) is 0 Å². The van der Waals surface area contributed by atoms with Crippen LogP contribution in [-0.4, -0.2) is 31.1 Å². The molecule has 0 bridgehead atoms. The Balaban J connectivity index is 2.10. The van der Waals surface area contributed by atoms with E-state index in [4.69, 9.17) is 0 Å². The Labute approximate surface area is 102 Å². The molecule has 1 unspecified atom stereocenters. The summed E-state index contributed by atoms with van der Waals surface area (Å²) < 4.78 is 22.3. The fraction of sp³-hybridized carbons (Fsp3) is 0.538. The van der Waals surface area contributed by atoms with Crippen LogP contribution in [0.2, 0.25) is 0 Å². The number of hydrogen-bond donors (Lipinski definition) is 1. The van der Waals surface area contributed by atoms with Gasteiger partial charge in [-0.1, -0.05) is 24.3 Å². The predicted octanol–water partition coefficient (Wildman–Crippen LogP) is 1.34. The van der Waals surface area contributed by atoms with Crippen LogP contribution in [0.15, 0.2) is 24.3 Å². The van der Waals surface area contributed by atoms with Crippen LogP contribution >= 0.6 is 0 Å². The molecule has 0 aliphatic heterocycles. The van der Waals surface area contributed by atoms with Crippen molar-refractivity contribution in [2.75, 3.05) is 12.0 Å². The molecule has 1 aromatic rings. The maximum atomic E-state index is 11.2. The van der Waals surface area contributed by atoms with E-state index in [-0.39, 0.29) is 5.75 Å². The average Bonchev–Trinajstić information content (AvgIpc) is 2.26. The minimum Gasteiger partial charge on any atom is -0.390 e. The third kappa shape index (κ3) is 3.30. The molecule has 1 N–H and O–H groups in total. The van der Waals surface area contributed by atoms with Crippen molar-refractivity contribution < 1.29 is 13.5 Å². The van der Waals surface area contributed by atoms with Crippen LogP contribution in [0, 0.1) is 0 Å². The number of rotatable bonds is 3. The zero-order chi connectivity index (χ0) is 12.5. The lowest BCUT2D eigenvalue weighted by Crippen LogP contribution is -2.37. The molecule has 0 aromatic heterocycles. The van der Waals surface area contributed by atoms with Gasteiger partial charge in [0.25, 0.3) is 0 Å². The lowest BCUT2D eigenvalue weighted by Gasteiger charge is -2.33. The molecule has 0 fully saturated rings. The summed E-state index contributed by atoms with van der Waals surface area (Å²) in [7, 11) is -3.00. The highest BCUT2D eigenvalue weighted by molar-refractivity contribution is 7.90. The van der Waals surface area contributed by atoms with Gasteiger partial charge in [-0.25, -0.2) is 8.42 Å². The number of aryl methyl sites for hydroxylation is 1. The van der Waals surface area contributed by atoms with Crippen molar-refractivity contribution in [3.63, 3.8) is 0 Å². The molecule has 0 amide bonds. The number of benzene rings is 1. The molecular weight excluding hydrogens is 236 g/mol. The van der Waals surface area contributed by atoms with E-state index >= 15 is 0 Å². The van der Waals surface area contributed by atoms with Crippen LogP contribution in [0.4, 0.5) is 0 Å². The summed E-state index contributed by atoms with van der Waals surface area (Å²) >= 11 is 0. The van der Waals surface area contributed by atoms with Gasteiger partial charge in [-0.2, -0.15) is 0 Å². The first-order valence-corrected chi connectivity index (χ1v) is 7.91. The minimum absolute atomic E-state index is 0.0612. The molecule has 94 valence electrons. The van der Waals surface area contributed by atoms with Gasteiger partial charge in [-0.3, -0.25) is 0 Å². The van der Waals surface area contributed by atoms with E-state index in [9.17, 15) is 13.5 Å². The van der Waals surface area contributed by atoms with Gasteiger partial charge in [0.15, 0.2) is 0 Å². The molecule has 1 aromatic carbocycles. The van der Waals surface area contributed by atoms with Crippen molar-refractivity contribution in [2.24, 2.45) is 0 Å². The molecule has 0 saturated carbocycles. The van der Waals surface area contributed by atoms with Crippen LogP contribution in [-0.2, 0) is 22.7 Å². The Morgan fingerprint density at radius 1 is 1.29 bits per heavy atom. The van der Waals surface area contributed by atoms with Crippen molar-refractivity contribution in [1.29, 1.82) is 0 Å². The van der Waals surface area contributed by atoms with E-state index in [1.807, 2.05) is 18.2 Å². The van der Waals surface area contributed by atoms with Gasteiger partial charge in [0, 0.05) is 12.7 Å². The Bertz CT molecular complexity index is 507. The molecule has 1 atom stereocenters. The molecule has 0 heterocycles. The Morgan fingerprint density at radius 2 is 1.94 bits per heavy atom. The maximum absolute atomic E-state index is 11.2. The topological polar surface area (TPSA) is 54.4 Å². The first-order chi connectivity index (χ1) is 7.88. The summed E-state index contributed by atoms with van der Waals surface area (Å²) in [5.41, 5.74) is 1.57. The number of sulfone groups is 1. The van der Waals surface area contributed by atoms with Crippen LogP contribution in [0.5, 0.6) is 0 Å². The number of fused-ring (bicyclic) bond motifs is 1.